The summed E-state index contributed by atoms with van der Waals surface area (Å²) in [6, 6.07) is -6.83. The first kappa shape index (κ1) is 44.2. The van der Waals surface area contributed by atoms with E-state index in [2.05, 4.69) is 21.3 Å². The Hall–Kier alpha value is -4.48. The maximum Gasteiger partial charge on any atom is 0.248 e. The van der Waals surface area contributed by atoms with Gasteiger partial charge in [-0.25, -0.2) is 0 Å². The Morgan fingerprint density at radius 2 is 1.23 bits per heavy atom. The number of nitrogens with two attached hydrogens (primary N) is 1. The highest BCUT2D eigenvalue weighted by Crippen LogP contribution is 2.27. The van der Waals surface area contributed by atoms with Crippen LogP contribution in [0.3, 0.4) is 0 Å². The smallest absolute Gasteiger partial charge is 0.248 e. The van der Waals surface area contributed by atoms with Crippen molar-refractivity contribution >= 4 is 35.4 Å². The van der Waals surface area contributed by atoms with Crippen LogP contribution < -0.4 is 27.0 Å². The summed E-state index contributed by atoms with van der Waals surface area (Å²) in [5, 5.41) is 95.4. The summed E-state index contributed by atoms with van der Waals surface area (Å²) in [7, 11) is 0. The van der Waals surface area contributed by atoms with Crippen LogP contribution in [0.25, 0.3) is 0 Å². The number of carbonyl (C=O) groups is 6. The molecular weight excluding hydrogens is 742 g/mol. The van der Waals surface area contributed by atoms with Gasteiger partial charge in [0, 0.05) is 25.4 Å². The van der Waals surface area contributed by atoms with Crippen LogP contribution in [0.1, 0.15) is 52.2 Å². The molecule has 21 heteroatoms. The van der Waals surface area contributed by atoms with E-state index in [1.54, 1.807) is 0 Å². The lowest BCUT2D eigenvalue weighted by molar-refractivity contribution is -0.148. The molecule has 3 aliphatic heterocycles. The number of hydrogen-bond acceptors (Lipinski definition) is 15. The van der Waals surface area contributed by atoms with Crippen molar-refractivity contribution in [1.29, 1.82) is 0 Å². The number of fused-ring (bicyclic) bond motifs is 2. The fraction of sp³-hybridized carbons (Fsp3) is 0.657. The van der Waals surface area contributed by atoms with E-state index in [1.807, 2.05) is 0 Å². The molecule has 21 nitrogen and oxygen atoms in total. The molecule has 1 aromatic carbocycles. The Morgan fingerprint density at radius 1 is 0.696 bits per heavy atom. The third kappa shape index (κ3) is 9.72. The number of rotatable bonds is 5. The van der Waals surface area contributed by atoms with Crippen LogP contribution in [0, 0.1) is 5.92 Å². The molecule has 56 heavy (non-hydrogen) atoms. The van der Waals surface area contributed by atoms with Gasteiger partial charge in [0.05, 0.1) is 42.6 Å². The normalized spacial score (nSPS) is 35.2. The van der Waals surface area contributed by atoms with Crippen molar-refractivity contribution in [3.05, 3.63) is 29.8 Å². The predicted octanol–water partition coefficient (Wildman–Crippen LogP) is -6.23. The van der Waals surface area contributed by atoms with Crippen molar-refractivity contribution in [2.75, 3.05) is 13.1 Å². The largest absolute Gasteiger partial charge is 0.508 e. The molecular formula is C35H53N7O14. The van der Waals surface area contributed by atoms with Gasteiger partial charge in [-0.1, -0.05) is 19.1 Å². The number of aliphatic hydroxyl groups excluding tert-OH is 7. The zero-order valence-corrected chi connectivity index (χ0v) is 31.3. The summed E-state index contributed by atoms with van der Waals surface area (Å²) >= 11 is 0. The van der Waals surface area contributed by atoms with Crippen molar-refractivity contribution in [2.45, 2.75) is 126 Å². The van der Waals surface area contributed by atoms with E-state index in [1.165, 1.54) is 38.1 Å². The number of hydrogen-bond donors (Lipinski definition) is 13. The Balaban J connectivity index is 1.80. The lowest BCUT2D eigenvalue weighted by Gasteiger charge is -2.34. The van der Waals surface area contributed by atoms with E-state index in [-0.39, 0.29) is 17.9 Å². The van der Waals surface area contributed by atoms with Gasteiger partial charge in [0.1, 0.15) is 48.2 Å². The lowest BCUT2D eigenvalue weighted by atomic mass is 9.96. The molecule has 0 radical (unpaired) electrons. The zero-order chi connectivity index (χ0) is 41.9. The number of aromatic hydroxyl groups is 1. The number of aliphatic hydroxyl groups is 7. The van der Waals surface area contributed by atoms with E-state index in [0.717, 1.165) is 23.6 Å². The van der Waals surface area contributed by atoms with Crippen LogP contribution in [0.4, 0.5) is 0 Å². The Bertz CT molecular complexity index is 1610. The monoisotopic (exact) mass is 795 g/mol. The number of phenols is 1. The van der Waals surface area contributed by atoms with Gasteiger partial charge in [0.25, 0.3) is 0 Å². The van der Waals surface area contributed by atoms with Gasteiger partial charge in [0.2, 0.25) is 35.4 Å². The summed E-state index contributed by atoms with van der Waals surface area (Å²) < 4.78 is 0. The number of benzene rings is 1. The topological polar surface area (TPSA) is 345 Å². The maximum atomic E-state index is 14.1. The summed E-state index contributed by atoms with van der Waals surface area (Å²) in [6.45, 7) is 4.47. The van der Waals surface area contributed by atoms with E-state index in [0.29, 0.717) is 0 Å². The van der Waals surface area contributed by atoms with Gasteiger partial charge < -0.3 is 77.7 Å². The van der Waals surface area contributed by atoms with Crippen LogP contribution in [0.15, 0.2) is 24.3 Å². The quantitative estimate of drug-likeness (QED) is 0.132. The van der Waals surface area contributed by atoms with Crippen molar-refractivity contribution in [3.63, 3.8) is 0 Å². The second-order valence-electron chi connectivity index (χ2n) is 15.0. The van der Waals surface area contributed by atoms with E-state index in [4.69, 9.17) is 5.73 Å². The molecule has 3 fully saturated rings. The van der Waals surface area contributed by atoms with Crippen LogP contribution in [0.5, 0.6) is 5.75 Å². The van der Waals surface area contributed by atoms with Gasteiger partial charge >= 0.3 is 0 Å². The van der Waals surface area contributed by atoms with Crippen LogP contribution in [-0.2, 0) is 28.8 Å². The maximum absolute atomic E-state index is 14.1. The van der Waals surface area contributed by atoms with Crippen LogP contribution >= 0.6 is 0 Å². The third-order valence-electron chi connectivity index (χ3n) is 10.5. The SMILES string of the molecule is C[C@@H](O)[C@@H]1NC(=O)[C@H]([C@H](O)[C@@H](O)c2ccc(O)cc2)NC(=O)[C@@H]2C[C@@H](O)CN2C(=O)[C@H]([C@@H](C)O)NC(=O)C(N)C[C@@H](O)[C@@H](C)NC(=O)[C@@H]2[C@@H](O)[C@@H](C)CN2C1=O. The second kappa shape index (κ2) is 18.2. The molecule has 0 bridgehead atoms. The third-order valence-corrected chi connectivity index (χ3v) is 10.5. The lowest BCUT2D eigenvalue weighted by Crippen LogP contribution is -2.64. The summed E-state index contributed by atoms with van der Waals surface area (Å²) in [6.07, 6.45) is -12.6. The van der Waals surface area contributed by atoms with Gasteiger partial charge in [-0.05, 0) is 44.9 Å². The molecule has 0 aliphatic carbocycles. The molecule has 1 unspecified atom stereocenters. The van der Waals surface area contributed by atoms with E-state index < -0.39 is 146 Å². The number of amides is 6. The minimum Gasteiger partial charge on any atom is -0.508 e. The Morgan fingerprint density at radius 3 is 1.80 bits per heavy atom. The van der Waals surface area contributed by atoms with Crippen molar-refractivity contribution < 1.29 is 69.6 Å². The molecule has 15 atom stereocenters. The van der Waals surface area contributed by atoms with Gasteiger partial charge in [-0.15, -0.1) is 0 Å². The first-order chi connectivity index (χ1) is 26.1. The zero-order valence-electron chi connectivity index (χ0n) is 31.3. The fourth-order valence-electron chi connectivity index (χ4n) is 7.08. The highest BCUT2D eigenvalue weighted by Gasteiger charge is 2.50. The Kier molecular flexibility index (Phi) is 14.4. The molecule has 0 aromatic heterocycles. The van der Waals surface area contributed by atoms with Gasteiger partial charge in [-0.3, -0.25) is 28.8 Å². The van der Waals surface area contributed by atoms with Gasteiger partial charge in [-0.2, -0.15) is 0 Å². The average molecular weight is 796 g/mol. The first-order valence-electron chi connectivity index (χ1n) is 18.3. The highest BCUT2D eigenvalue weighted by molar-refractivity contribution is 5.98. The minimum absolute atomic E-state index is 0.0297. The van der Waals surface area contributed by atoms with Crippen molar-refractivity contribution in [2.24, 2.45) is 11.7 Å². The van der Waals surface area contributed by atoms with Gasteiger partial charge in [0.15, 0.2) is 0 Å². The number of nitrogens with one attached hydrogen (secondary N) is 4. The first-order valence-corrected chi connectivity index (χ1v) is 18.3. The predicted molar refractivity (Wildman–Crippen MR) is 191 cm³/mol. The van der Waals surface area contributed by atoms with Crippen LogP contribution in [-0.4, -0.2) is 178 Å². The molecule has 3 aliphatic rings. The molecule has 3 saturated heterocycles. The molecule has 14 N–H and O–H groups in total. The molecule has 0 saturated carbocycles. The summed E-state index contributed by atoms with van der Waals surface area (Å²) in [5.41, 5.74) is 6.01. The average Bonchev–Trinajstić information content (AvgIpc) is 3.68. The summed E-state index contributed by atoms with van der Waals surface area (Å²) in [4.78, 5) is 84.4. The molecule has 0 spiro atoms. The van der Waals surface area contributed by atoms with Crippen molar-refractivity contribution in [3.8, 4) is 5.75 Å². The van der Waals surface area contributed by atoms with Crippen molar-refractivity contribution in [1.82, 2.24) is 31.1 Å². The standard InChI is InChI=1S/C35H53N7O14/c1-13-11-42-26(27(13)48)33(54)37-14(2)22(47)10-20(36)30(51)38-23(15(3)43)34(55)41-12-19(46)9-21(41)31(52)40-25(32(53)39-24(16(4)44)35(42)56)29(50)28(49)17-5-7-18(45)8-6-17/h5-8,13-16,19-29,43-50H,9-12,36H2,1-4H3,(H,37,54)(H,38,51)(H,39,53)(H,40,52)/t13-,14+,15+,16+,19+,20?,21-,22+,23-,24-,25-,26-,27-,28-,29-/m0/s1. The molecule has 3 heterocycles. The number of phenolic OH excluding ortho intramolecular Hbond substituents is 1. The van der Waals surface area contributed by atoms with E-state index in [9.17, 15) is 69.6 Å². The Labute approximate surface area is 321 Å². The molecule has 312 valence electrons. The molecule has 4 rings (SSSR count). The fourth-order valence-corrected chi connectivity index (χ4v) is 7.08. The van der Waals surface area contributed by atoms with Crippen LogP contribution in [0.2, 0.25) is 0 Å². The number of nitrogens with zero attached hydrogens (tertiary/aromatic N) is 2. The number of carbonyl (C=O) groups excluding carboxylic acids is 6. The molecule has 1 aromatic rings. The minimum atomic E-state index is -2.21. The van der Waals surface area contributed by atoms with E-state index >= 15 is 0 Å². The summed E-state index contributed by atoms with van der Waals surface area (Å²) in [5.74, 6) is -7.47. The second-order valence-corrected chi connectivity index (χ2v) is 15.0. The molecule has 6 amide bonds. The highest BCUT2D eigenvalue weighted by atomic mass is 16.3.